The van der Waals surface area contributed by atoms with Crippen LogP contribution >= 0.6 is 11.3 Å². The zero-order chi connectivity index (χ0) is 13.1. The van der Waals surface area contributed by atoms with Crippen molar-refractivity contribution in [3.05, 3.63) is 39.9 Å². The van der Waals surface area contributed by atoms with Crippen molar-refractivity contribution in [3.8, 4) is 5.75 Å². The second-order valence-electron chi connectivity index (χ2n) is 4.27. The number of hydrazine groups is 1. The lowest BCUT2D eigenvalue weighted by Crippen LogP contribution is -2.05. The fourth-order valence-corrected chi connectivity index (χ4v) is 2.38. The van der Waals surface area contributed by atoms with E-state index >= 15 is 0 Å². The van der Waals surface area contributed by atoms with E-state index in [-0.39, 0.29) is 0 Å². The molecule has 0 spiro atoms. The van der Waals surface area contributed by atoms with Gasteiger partial charge in [-0.3, -0.25) is 5.43 Å². The van der Waals surface area contributed by atoms with Gasteiger partial charge in [-0.15, -0.1) is 0 Å². The molecule has 0 unspecified atom stereocenters. The number of anilines is 1. The minimum absolute atomic E-state index is 0.517. The number of aromatic nitrogens is 1. The molecule has 4 nitrogen and oxygen atoms in total. The van der Waals surface area contributed by atoms with Crippen molar-refractivity contribution < 1.29 is 4.74 Å². The summed E-state index contributed by atoms with van der Waals surface area (Å²) in [5, 5.41) is 0.700. The fraction of sp³-hybridized carbons (Fsp3) is 0.308. The van der Waals surface area contributed by atoms with Gasteiger partial charge in [-0.25, -0.2) is 10.8 Å². The van der Waals surface area contributed by atoms with Crippen LogP contribution in [0.5, 0.6) is 5.75 Å². The van der Waals surface area contributed by atoms with Gasteiger partial charge < -0.3 is 4.74 Å². The van der Waals surface area contributed by atoms with E-state index < -0.39 is 0 Å². The Balaban J connectivity index is 2.10. The quantitative estimate of drug-likeness (QED) is 0.657. The molecule has 0 aliphatic rings. The first kappa shape index (κ1) is 12.9. The lowest BCUT2D eigenvalue weighted by atomic mass is 10.1. The zero-order valence-electron chi connectivity index (χ0n) is 10.8. The number of thiazole rings is 1. The SMILES string of the molecule is Cc1cc(C)c(C)c(OCc2cnc(NN)s2)c1. The molecule has 0 amide bonds. The molecule has 1 heterocycles. The van der Waals surface area contributed by atoms with E-state index in [2.05, 4.69) is 43.3 Å². The molecule has 2 rings (SSSR count). The van der Waals surface area contributed by atoms with Crippen LogP contribution in [0.4, 0.5) is 5.13 Å². The summed E-state index contributed by atoms with van der Waals surface area (Å²) in [6.45, 7) is 6.76. The molecular weight excluding hydrogens is 246 g/mol. The van der Waals surface area contributed by atoms with Crippen molar-refractivity contribution in [2.75, 3.05) is 5.43 Å². The fourth-order valence-electron chi connectivity index (χ4n) is 1.74. The lowest BCUT2D eigenvalue weighted by Gasteiger charge is -2.11. The number of aryl methyl sites for hydroxylation is 2. The second kappa shape index (κ2) is 5.37. The number of ether oxygens (including phenoxy) is 1. The Kier molecular flexibility index (Phi) is 3.84. The van der Waals surface area contributed by atoms with Gasteiger partial charge >= 0.3 is 0 Å². The Bertz CT molecular complexity index is 551. The molecular formula is C13H17N3OS. The molecule has 18 heavy (non-hydrogen) atoms. The van der Waals surface area contributed by atoms with Gasteiger partial charge in [-0.2, -0.15) is 0 Å². The third-order valence-electron chi connectivity index (χ3n) is 2.81. The summed E-state index contributed by atoms with van der Waals surface area (Å²) in [7, 11) is 0. The van der Waals surface area contributed by atoms with Gasteiger partial charge in [0, 0.05) is 6.20 Å². The highest BCUT2D eigenvalue weighted by molar-refractivity contribution is 7.15. The summed E-state index contributed by atoms with van der Waals surface area (Å²) >= 11 is 1.49. The topological polar surface area (TPSA) is 60.2 Å². The second-order valence-corrected chi connectivity index (χ2v) is 5.38. The molecule has 5 heteroatoms. The predicted molar refractivity (Wildman–Crippen MR) is 74.9 cm³/mol. The molecule has 0 bridgehead atoms. The standard InChI is InChI=1S/C13H17N3OS/c1-8-4-9(2)10(3)12(5-8)17-7-11-6-15-13(16-14)18-11/h4-6H,7,14H2,1-3H3,(H,15,16). The number of nitrogens with one attached hydrogen (secondary N) is 1. The molecule has 0 aliphatic carbocycles. The molecule has 0 fully saturated rings. The number of rotatable bonds is 4. The van der Waals surface area contributed by atoms with Crippen molar-refractivity contribution in [1.82, 2.24) is 4.98 Å². The van der Waals surface area contributed by atoms with Gasteiger partial charge in [0.2, 0.25) is 0 Å². The normalized spacial score (nSPS) is 10.4. The summed E-state index contributed by atoms with van der Waals surface area (Å²) in [5.41, 5.74) is 6.17. The Hall–Kier alpha value is -1.59. The van der Waals surface area contributed by atoms with Crippen LogP contribution < -0.4 is 16.0 Å². The first-order valence-electron chi connectivity index (χ1n) is 5.72. The lowest BCUT2D eigenvalue weighted by molar-refractivity contribution is 0.307. The minimum atomic E-state index is 0.517. The van der Waals surface area contributed by atoms with Crippen molar-refractivity contribution >= 4 is 16.5 Å². The van der Waals surface area contributed by atoms with Crippen molar-refractivity contribution in [3.63, 3.8) is 0 Å². The number of nitrogen functional groups attached to an aromatic ring is 1. The zero-order valence-corrected chi connectivity index (χ0v) is 11.6. The van der Waals surface area contributed by atoms with E-state index in [1.54, 1.807) is 6.20 Å². The molecule has 1 aromatic carbocycles. The Morgan fingerprint density at radius 3 is 2.78 bits per heavy atom. The molecule has 0 aliphatic heterocycles. The Labute approximate surface area is 111 Å². The Morgan fingerprint density at radius 1 is 1.33 bits per heavy atom. The smallest absolute Gasteiger partial charge is 0.197 e. The minimum Gasteiger partial charge on any atom is -0.488 e. The summed E-state index contributed by atoms with van der Waals surface area (Å²) in [6.07, 6.45) is 1.78. The van der Waals surface area contributed by atoms with Crippen LogP contribution in [0.15, 0.2) is 18.3 Å². The first-order valence-corrected chi connectivity index (χ1v) is 6.53. The summed E-state index contributed by atoms with van der Waals surface area (Å²) in [4.78, 5) is 5.15. The maximum Gasteiger partial charge on any atom is 0.197 e. The summed E-state index contributed by atoms with van der Waals surface area (Å²) < 4.78 is 5.84. The third kappa shape index (κ3) is 2.80. The maximum atomic E-state index is 5.84. The van der Waals surface area contributed by atoms with Crippen molar-refractivity contribution in [2.24, 2.45) is 5.84 Å². The van der Waals surface area contributed by atoms with E-state index in [0.717, 1.165) is 10.6 Å². The molecule has 0 atom stereocenters. The van der Waals surface area contributed by atoms with Gasteiger partial charge in [0.15, 0.2) is 5.13 Å². The van der Waals surface area contributed by atoms with Gasteiger partial charge in [0.25, 0.3) is 0 Å². The highest BCUT2D eigenvalue weighted by Gasteiger charge is 2.06. The molecule has 0 saturated carbocycles. The molecule has 0 saturated heterocycles. The van der Waals surface area contributed by atoms with E-state index in [4.69, 9.17) is 10.6 Å². The number of nitrogens with two attached hydrogens (primary N) is 1. The highest BCUT2D eigenvalue weighted by Crippen LogP contribution is 2.25. The molecule has 0 radical (unpaired) electrons. The maximum absolute atomic E-state index is 5.84. The number of benzene rings is 1. The van der Waals surface area contributed by atoms with E-state index in [1.165, 1.54) is 28.0 Å². The summed E-state index contributed by atoms with van der Waals surface area (Å²) in [6, 6.07) is 4.22. The van der Waals surface area contributed by atoms with Gasteiger partial charge in [0.1, 0.15) is 12.4 Å². The largest absolute Gasteiger partial charge is 0.488 e. The van der Waals surface area contributed by atoms with Crippen molar-refractivity contribution in [2.45, 2.75) is 27.4 Å². The van der Waals surface area contributed by atoms with Crippen LogP contribution in [0.1, 0.15) is 21.6 Å². The Morgan fingerprint density at radius 2 is 2.11 bits per heavy atom. The van der Waals surface area contributed by atoms with Crippen LogP contribution in [0.2, 0.25) is 0 Å². The number of nitrogens with zero attached hydrogens (tertiary/aromatic N) is 1. The van der Waals surface area contributed by atoms with Crippen molar-refractivity contribution in [1.29, 1.82) is 0 Å². The van der Waals surface area contributed by atoms with Crippen LogP contribution in [0.25, 0.3) is 0 Å². The van der Waals surface area contributed by atoms with Crippen LogP contribution in [-0.4, -0.2) is 4.98 Å². The summed E-state index contributed by atoms with van der Waals surface area (Å²) in [5.74, 6) is 6.22. The third-order valence-corrected chi connectivity index (χ3v) is 3.71. The number of hydrogen-bond acceptors (Lipinski definition) is 5. The van der Waals surface area contributed by atoms with Gasteiger partial charge in [-0.1, -0.05) is 17.4 Å². The molecule has 2 aromatic rings. The average molecular weight is 263 g/mol. The van der Waals surface area contributed by atoms with E-state index in [0.29, 0.717) is 11.7 Å². The van der Waals surface area contributed by atoms with Crippen LogP contribution in [0.3, 0.4) is 0 Å². The first-order chi connectivity index (χ1) is 8.60. The average Bonchev–Trinajstić information content (AvgIpc) is 2.80. The molecule has 3 N–H and O–H groups in total. The van der Waals surface area contributed by atoms with Gasteiger partial charge in [-0.05, 0) is 43.5 Å². The van der Waals surface area contributed by atoms with Crippen LogP contribution in [0, 0.1) is 20.8 Å². The molecule has 1 aromatic heterocycles. The monoisotopic (exact) mass is 263 g/mol. The number of hydrogen-bond donors (Lipinski definition) is 2. The van der Waals surface area contributed by atoms with Gasteiger partial charge in [0.05, 0.1) is 4.88 Å². The highest BCUT2D eigenvalue weighted by atomic mass is 32.1. The van der Waals surface area contributed by atoms with Crippen LogP contribution in [-0.2, 0) is 6.61 Å². The van der Waals surface area contributed by atoms with E-state index in [9.17, 15) is 0 Å². The van der Waals surface area contributed by atoms with E-state index in [1.807, 2.05) is 0 Å². The predicted octanol–water partition coefficient (Wildman–Crippen LogP) is 2.93. The molecule has 96 valence electrons.